The van der Waals surface area contributed by atoms with Crippen molar-refractivity contribution in [1.29, 1.82) is 0 Å². The number of benzene rings is 1. The van der Waals surface area contributed by atoms with Crippen molar-refractivity contribution < 1.29 is 0 Å². The van der Waals surface area contributed by atoms with E-state index in [1.807, 2.05) is 0 Å². The summed E-state index contributed by atoms with van der Waals surface area (Å²) in [5, 5.41) is 0. The molecule has 0 unspecified atom stereocenters. The van der Waals surface area contributed by atoms with Gasteiger partial charge in [0.2, 0.25) is 0 Å². The highest BCUT2D eigenvalue weighted by Gasteiger charge is 2.43. The Morgan fingerprint density at radius 1 is 1.10 bits per heavy atom. The molecule has 1 heterocycles. The fourth-order valence-corrected chi connectivity index (χ4v) is 5.65. The lowest BCUT2D eigenvalue weighted by molar-refractivity contribution is 0.0385. The third-order valence-electron chi connectivity index (χ3n) is 6.17. The maximum absolute atomic E-state index is 3.68. The lowest BCUT2D eigenvalue weighted by Gasteiger charge is -2.50. The molecule has 2 aliphatic carbocycles. The Hall–Kier alpha value is -0.340. The van der Waals surface area contributed by atoms with Gasteiger partial charge in [0.1, 0.15) is 0 Å². The fraction of sp³-hybridized carbons (Fsp3) is 0.667. The maximum atomic E-state index is 3.68. The molecular weight excluding hydrogens is 310 g/mol. The zero-order valence-electron chi connectivity index (χ0n) is 12.3. The molecule has 0 amide bonds. The van der Waals surface area contributed by atoms with E-state index in [4.69, 9.17) is 0 Å². The minimum absolute atomic E-state index is 0.848. The molecule has 1 aliphatic heterocycles. The summed E-state index contributed by atoms with van der Waals surface area (Å²) in [6.45, 7) is 2.66. The molecule has 0 N–H and O–H groups in total. The molecule has 1 nitrogen and oxygen atoms in total. The molecule has 4 atom stereocenters. The summed E-state index contributed by atoms with van der Waals surface area (Å²) in [7, 11) is 2.30. The first-order valence-electron chi connectivity index (χ1n) is 8.19. The second-order valence-electron chi connectivity index (χ2n) is 7.20. The molecular formula is C18H24BrN. The monoisotopic (exact) mass is 333 g/mol. The molecule has 20 heavy (non-hydrogen) atoms. The minimum atomic E-state index is 0.848. The van der Waals surface area contributed by atoms with Gasteiger partial charge >= 0.3 is 0 Å². The van der Waals surface area contributed by atoms with E-state index in [2.05, 4.69) is 46.1 Å². The van der Waals surface area contributed by atoms with Gasteiger partial charge in [0.15, 0.2) is 0 Å². The third-order valence-corrected chi connectivity index (χ3v) is 6.66. The number of aryl methyl sites for hydroxylation is 1. The van der Waals surface area contributed by atoms with Crippen LogP contribution in [-0.2, 0) is 6.42 Å². The maximum Gasteiger partial charge on any atom is 0.0178 e. The number of hydrogen-bond acceptors (Lipinski definition) is 1. The summed E-state index contributed by atoms with van der Waals surface area (Å²) >= 11 is 3.68. The molecule has 108 valence electrons. The van der Waals surface area contributed by atoms with Gasteiger partial charge in [-0.2, -0.15) is 0 Å². The number of hydrogen-bond donors (Lipinski definition) is 0. The highest BCUT2D eigenvalue weighted by atomic mass is 79.9. The molecule has 0 bridgehead atoms. The van der Waals surface area contributed by atoms with Gasteiger partial charge in [-0.3, -0.25) is 0 Å². The molecule has 2 heteroatoms. The summed E-state index contributed by atoms with van der Waals surface area (Å²) in [5.41, 5.74) is 3.30. The first-order valence-corrected chi connectivity index (χ1v) is 8.98. The Morgan fingerprint density at radius 3 is 2.90 bits per heavy atom. The molecule has 0 spiro atoms. The Labute approximate surface area is 130 Å². The van der Waals surface area contributed by atoms with Crippen molar-refractivity contribution in [3.05, 3.63) is 33.8 Å². The highest BCUT2D eigenvalue weighted by Crippen LogP contribution is 2.52. The summed E-state index contributed by atoms with van der Waals surface area (Å²) in [6, 6.07) is 7.00. The molecule has 1 aromatic rings. The Bertz CT molecular complexity index is 512. The second kappa shape index (κ2) is 5.14. The molecule has 0 radical (unpaired) electrons. The molecule has 1 saturated heterocycles. The summed E-state index contributed by atoms with van der Waals surface area (Å²) in [4.78, 5) is 2.55. The summed E-state index contributed by atoms with van der Waals surface area (Å²) < 4.78 is 1.27. The number of piperidine rings is 1. The van der Waals surface area contributed by atoms with Crippen LogP contribution in [0.2, 0.25) is 0 Å². The number of nitrogens with zero attached hydrogens (tertiary/aromatic N) is 1. The van der Waals surface area contributed by atoms with Crippen molar-refractivity contribution in [2.75, 3.05) is 20.1 Å². The standard InChI is InChI=1S/C18H24BrN/c1-20-9-8-15-13(11-20)4-7-17-16(15)6-3-12-2-5-14(19)10-18(12)17/h2,5,10,13,15-17H,3-4,6-9,11H2,1H3/t13-,15-,16+,17-/m1/s1. The first kappa shape index (κ1) is 13.3. The van der Waals surface area contributed by atoms with E-state index in [-0.39, 0.29) is 0 Å². The van der Waals surface area contributed by atoms with Crippen molar-refractivity contribution >= 4 is 15.9 Å². The molecule has 3 aliphatic rings. The average Bonchev–Trinajstić information content (AvgIpc) is 2.46. The van der Waals surface area contributed by atoms with Crippen molar-refractivity contribution in [2.45, 2.75) is 38.0 Å². The largest absolute Gasteiger partial charge is 0.306 e. The van der Waals surface area contributed by atoms with E-state index in [9.17, 15) is 0 Å². The Balaban J connectivity index is 1.65. The van der Waals surface area contributed by atoms with E-state index in [1.165, 1.54) is 49.7 Å². The van der Waals surface area contributed by atoms with Gasteiger partial charge in [-0.15, -0.1) is 0 Å². The van der Waals surface area contributed by atoms with Crippen LogP contribution in [0.1, 0.15) is 42.7 Å². The van der Waals surface area contributed by atoms with Gasteiger partial charge in [0.05, 0.1) is 0 Å². The first-order chi connectivity index (χ1) is 9.72. The molecule has 2 fully saturated rings. The zero-order chi connectivity index (χ0) is 13.7. The van der Waals surface area contributed by atoms with Crippen LogP contribution in [0.4, 0.5) is 0 Å². The van der Waals surface area contributed by atoms with Crippen LogP contribution in [0.5, 0.6) is 0 Å². The zero-order valence-corrected chi connectivity index (χ0v) is 13.9. The number of halogens is 1. The fourth-order valence-electron chi connectivity index (χ4n) is 5.27. The van der Waals surface area contributed by atoms with Gasteiger partial charge < -0.3 is 4.90 Å². The Morgan fingerprint density at radius 2 is 2.00 bits per heavy atom. The van der Waals surface area contributed by atoms with E-state index >= 15 is 0 Å². The third kappa shape index (κ3) is 2.16. The number of rotatable bonds is 0. The normalized spacial score (nSPS) is 36.9. The molecule has 1 saturated carbocycles. The van der Waals surface area contributed by atoms with Crippen molar-refractivity contribution in [3.63, 3.8) is 0 Å². The Kier molecular flexibility index (Phi) is 3.42. The predicted molar refractivity (Wildman–Crippen MR) is 87.0 cm³/mol. The van der Waals surface area contributed by atoms with Gasteiger partial charge in [0, 0.05) is 11.0 Å². The summed E-state index contributed by atoms with van der Waals surface area (Å²) in [6.07, 6.45) is 7.05. The topological polar surface area (TPSA) is 3.24 Å². The van der Waals surface area contributed by atoms with Crippen LogP contribution >= 0.6 is 15.9 Å². The van der Waals surface area contributed by atoms with Crippen LogP contribution in [0.15, 0.2) is 22.7 Å². The van der Waals surface area contributed by atoms with Gasteiger partial charge in [-0.05, 0) is 92.6 Å². The lowest BCUT2D eigenvalue weighted by atomic mass is 9.58. The number of fused-ring (bicyclic) bond motifs is 5. The van der Waals surface area contributed by atoms with E-state index in [0.29, 0.717) is 0 Å². The van der Waals surface area contributed by atoms with E-state index in [0.717, 1.165) is 23.7 Å². The van der Waals surface area contributed by atoms with Crippen LogP contribution in [0.25, 0.3) is 0 Å². The van der Waals surface area contributed by atoms with Crippen LogP contribution in [0, 0.1) is 17.8 Å². The van der Waals surface area contributed by atoms with Crippen LogP contribution < -0.4 is 0 Å². The molecule has 4 rings (SSSR count). The van der Waals surface area contributed by atoms with Crippen LogP contribution in [-0.4, -0.2) is 25.0 Å². The summed E-state index contributed by atoms with van der Waals surface area (Å²) in [5.74, 6) is 3.78. The molecule has 1 aromatic carbocycles. The predicted octanol–water partition coefficient (Wildman–Crippen LogP) is 4.46. The van der Waals surface area contributed by atoms with Crippen LogP contribution in [0.3, 0.4) is 0 Å². The highest BCUT2D eigenvalue weighted by molar-refractivity contribution is 9.10. The van der Waals surface area contributed by atoms with E-state index < -0.39 is 0 Å². The SMILES string of the molecule is CN1CC[C@@H]2[C@H](CC[C@H]3c4cc(Br)ccc4CC[C@@H]23)C1. The van der Waals surface area contributed by atoms with Gasteiger partial charge in [-0.25, -0.2) is 0 Å². The van der Waals surface area contributed by atoms with E-state index in [1.54, 1.807) is 11.1 Å². The minimum Gasteiger partial charge on any atom is -0.306 e. The quantitative estimate of drug-likeness (QED) is 0.677. The van der Waals surface area contributed by atoms with Gasteiger partial charge in [0.25, 0.3) is 0 Å². The smallest absolute Gasteiger partial charge is 0.0178 e. The second-order valence-corrected chi connectivity index (χ2v) is 8.12. The lowest BCUT2D eigenvalue weighted by Crippen LogP contribution is -2.46. The molecule has 0 aromatic heterocycles. The van der Waals surface area contributed by atoms with Crippen molar-refractivity contribution in [1.82, 2.24) is 4.90 Å². The van der Waals surface area contributed by atoms with Crippen molar-refractivity contribution in [3.8, 4) is 0 Å². The number of likely N-dealkylation sites (tertiary alicyclic amines) is 1. The van der Waals surface area contributed by atoms with Crippen molar-refractivity contribution in [2.24, 2.45) is 17.8 Å². The van der Waals surface area contributed by atoms with Gasteiger partial charge in [-0.1, -0.05) is 22.0 Å². The average molecular weight is 334 g/mol.